The van der Waals surface area contributed by atoms with E-state index in [9.17, 15) is 0 Å². The zero-order valence-corrected chi connectivity index (χ0v) is 5.52. The van der Waals surface area contributed by atoms with Crippen molar-refractivity contribution in [1.29, 1.82) is 0 Å². The van der Waals surface area contributed by atoms with Gasteiger partial charge in [0.05, 0.1) is 11.9 Å². The molecule has 52 valence electrons. The molecule has 1 rings (SSSR count). The summed E-state index contributed by atoms with van der Waals surface area (Å²) < 4.78 is 0. The monoisotopic (exact) mass is 137 g/mol. The Hall–Kier alpha value is -1.45. The molecular formula is C6H7N3O. The Kier molecular flexibility index (Phi) is 1.94. The summed E-state index contributed by atoms with van der Waals surface area (Å²) in [4.78, 5) is 0. The van der Waals surface area contributed by atoms with Gasteiger partial charge in [-0.2, -0.15) is 5.10 Å². The van der Waals surface area contributed by atoms with Crippen molar-refractivity contribution in [3.05, 3.63) is 23.5 Å². The van der Waals surface area contributed by atoms with Gasteiger partial charge in [-0.1, -0.05) is 5.16 Å². The number of nitrogens with zero attached hydrogens (tertiary/aromatic N) is 3. The van der Waals surface area contributed by atoms with Gasteiger partial charge < -0.3 is 5.21 Å². The molecule has 0 bridgehead atoms. The number of oxime groups is 1. The summed E-state index contributed by atoms with van der Waals surface area (Å²) in [5, 5.41) is 18.4. The van der Waals surface area contributed by atoms with E-state index in [1.54, 1.807) is 12.1 Å². The highest BCUT2D eigenvalue weighted by Gasteiger charge is 1.88. The molecular weight excluding hydrogens is 130 g/mol. The SMILES string of the molecule is Cc1ccc(/C=N/O)nn1. The van der Waals surface area contributed by atoms with Crippen LogP contribution in [0.2, 0.25) is 0 Å². The molecule has 1 aromatic heterocycles. The second-order valence-electron chi connectivity index (χ2n) is 1.84. The van der Waals surface area contributed by atoms with Crippen LogP contribution in [0.4, 0.5) is 0 Å². The Labute approximate surface area is 58.2 Å². The van der Waals surface area contributed by atoms with Crippen LogP contribution in [-0.2, 0) is 0 Å². The van der Waals surface area contributed by atoms with Crippen LogP contribution in [0, 0.1) is 6.92 Å². The number of rotatable bonds is 1. The first-order valence-electron chi connectivity index (χ1n) is 2.80. The third-order valence-electron chi connectivity index (χ3n) is 1.01. The molecule has 1 heterocycles. The predicted octanol–water partition coefficient (Wildman–Crippen LogP) is 0.593. The fourth-order valence-corrected chi connectivity index (χ4v) is 0.537. The largest absolute Gasteiger partial charge is 0.411 e. The number of hydrogen-bond donors (Lipinski definition) is 1. The summed E-state index contributed by atoms with van der Waals surface area (Å²) in [7, 11) is 0. The minimum absolute atomic E-state index is 0.549. The third-order valence-corrected chi connectivity index (χ3v) is 1.01. The van der Waals surface area contributed by atoms with Crippen LogP contribution in [0.15, 0.2) is 17.3 Å². The lowest BCUT2D eigenvalue weighted by Crippen LogP contribution is -1.91. The topological polar surface area (TPSA) is 58.4 Å². The van der Waals surface area contributed by atoms with E-state index >= 15 is 0 Å². The van der Waals surface area contributed by atoms with Crippen LogP contribution in [0.3, 0.4) is 0 Å². The molecule has 0 aliphatic carbocycles. The van der Waals surface area contributed by atoms with Crippen LogP contribution in [0.25, 0.3) is 0 Å². The second-order valence-corrected chi connectivity index (χ2v) is 1.84. The molecule has 1 N–H and O–H groups in total. The van der Waals surface area contributed by atoms with Crippen LogP contribution >= 0.6 is 0 Å². The Bertz CT molecular complexity index is 229. The van der Waals surface area contributed by atoms with Crippen LogP contribution < -0.4 is 0 Å². The van der Waals surface area contributed by atoms with E-state index in [0.717, 1.165) is 5.69 Å². The van der Waals surface area contributed by atoms with Crippen LogP contribution in [0.1, 0.15) is 11.4 Å². The Morgan fingerprint density at radius 3 is 2.80 bits per heavy atom. The first kappa shape index (κ1) is 6.67. The number of aryl methyl sites for hydroxylation is 1. The maximum Gasteiger partial charge on any atom is 0.107 e. The molecule has 0 radical (unpaired) electrons. The van der Waals surface area contributed by atoms with Gasteiger partial charge in [0.25, 0.3) is 0 Å². The third kappa shape index (κ3) is 1.51. The van der Waals surface area contributed by atoms with Gasteiger partial charge in [0, 0.05) is 0 Å². The van der Waals surface area contributed by atoms with Crippen LogP contribution in [-0.4, -0.2) is 21.6 Å². The van der Waals surface area contributed by atoms with E-state index in [1.807, 2.05) is 6.92 Å². The lowest BCUT2D eigenvalue weighted by atomic mass is 10.4. The smallest absolute Gasteiger partial charge is 0.107 e. The molecule has 10 heavy (non-hydrogen) atoms. The molecule has 0 aliphatic heterocycles. The highest BCUT2D eigenvalue weighted by Crippen LogP contribution is 1.90. The zero-order valence-electron chi connectivity index (χ0n) is 5.52. The highest BCUT2D eigenvalue weighted by molar-refractivity contribution is 5.75. The van der Waals surface area contributed by atoms with Gasteiger partial charge in [-0.25, -0.2) is 0 Å². The predicted molar refractivity (Wildman–Crippen MR) is 36.1 cm³/mol. The van der Waals surface area contributed by atoms with Crippen molar-refractivity contribution in [3.8, 4) is 0 Å². The van der Waals surface area contributed by atoms with Crippen molar-refractivity contribution in [2.45, 2.75) is 6.92 Å². The van der Waals surface area contributed by atoms with E-state index < -0.39 is 0 Å². The van der Waals surface area contributed by atoms with Crippen molar-refractivity contribution in [2.75, 3.05) is 0 Å². The van der Waals surface area contributed by atoms with Gasteiger partial charge in [0.2, 0.25) is 0 Å². The average molecular weight is 137 g/mol. The molecule has 4 heteroatoms. The first-order chi connectivity index (χ1) is 4.83. The number of hydrogen-bond acceptors (Lipinski definition) is 4. The summed E-state index contributed by atoms with van der Waals surface area (Å²) in [6.07, 6.45) is 1.23. The zero-order chi connectivity index (χ0) is 7.40. The highest BCUT2D eigenvalue weighted by atomic mass is 16.4. The quantitative estimate of drug-likeness (QED) is 0.350. The van der Waals surface area contributed by atoms with Gasteiger partial charge in [0.15, 0.2) is 0 Å². The molecule has 0 atom stereocenters. The molecule has 0 saturated carbocycles. The Morgan fingerprint density at radius 1 is 1.50 bits per heavy atom. The van der Waals surface area contributed by atoms with Crippen molar-refractivity contribution in [1.82, 2.24) is 10.2 Å². The standard InChI is InChI=1S/C6H7N3O/c1-5-2-3-6(4-7-10)9-8-5/h2-4,10H,1H3/b7-4+. The van der Waals surface area contributed by atoms with Gasteiger partial charge >= 0.3 is 0 Å². The Morgan fingerprint density at radius 2 is 2.30 bits per heavy atom. The van der Waals surface area contributed by atoms with Gasteiger partial charge in [-0.15, -0.1) is 5.10 Å². The van der Waals surface area contributed by atoms with Gasteiger partial charge in [-0.05, 0) is 19.1 Å². The lowest BCUT2D eigenvalue weighted by molar-refractivity contribution is 0.321. The lowest BCUT2D eigenvalue weighted by Gasteiger charge is -1.88. The molecule has 0 aromatic carbocycles. The van der Waals surface area contributed by atoms with E-state index in [-0.39, 0.29) is 0 Å². The van der Waals surface area contributed by atoms with Crippen molar-refractivity contribution in [2.24, 2.45) is 5.16 Å². The first-order valence-corrected chi connectivity index (χ1v) is 2.80. The second kappa shape index (κ2) is 2.91. The molecule has 0 amide bonds. The molecule has 0 spiro atoms. The summed E-state index contributed by atoms with van der Waals surface area (Å²) in [6.45, 7) is 1.84. The minimum Gasteiger partial charge on any atom is -0.411 e. The van der Waals surface area contributed by atoms with E-state index in [2.05, 4.69) is 15.4 Å². The van der Waals surface area contributed by atoms with E-state index in [4.69, 9.17) is 5.21 Å². The fourth-order valence-electron chi connectivity index (χ4n) is 0.537. The maximum absolute atomic E-state index is 8.09. The molecule has 0 unspecified atom stereocenters. The van der Waals surface area contributed by atoms with E-state index in [0.29, 0.717) is 5.69 Å². The summed E-state index contributed by atoms with van der Waals surface area (Å²) >= 11 is 0. The maximum atomic E-state index is 8.09. The summed E-state index contributed by atoms with van der Waals surface area (Å²) in [5.74, 6) is 0. The molecule has 4 nitrogen and oxygen atoms in total. The van der Waals surface area contributed by atoms with Crippen molar-refractivity contribution in [3.63, 3.8) is 0 Å². The molecule has 0 aliphatic rings. The van der Waals surface area contributed by atoms with Crippen LogP contribution in [0.5, 0.6) is 0 Å². The molecule has 1 aromatic rings. The normalized spacial score (nSPS) is 10.5. The fraction of sp³-hybridized carbons (Fsp3) is 0.167. The van der Waals surface area contributed by atoms with Crippen molar-refractivity contribution < 1.29 is 5.21 Å². The summed E-state index contributed by atoms with van der Waals surface area (Å²) in [5.41, 5.74) is 1.39. The van der Waals surface area contributed by atoms with E-state index in [1.165, 1.54) is 6.21 Å². The minimum atomic E-state index is 0.549. The molecule has 0 fully saturated rings. The summed E-state index contributed by atoms with van der Waals surface area (Å²) in [6, 6.07) is 3.52. The average Bonchev–Trinajstić information content (AvgIpc) is 1.95. The van der Waals surface area contributed by atoms with Gasteiger partial charge in [-0.3, -0.25) is 0 Å². The molecule has 0 saturated heterocycles. The van der Waals surface area contributed by atoms with Crippen molar-refractivity contribution >= 4 is 6.21 Å². The number of aromatic nitrogens is 2. The van der Waals surface area contributed by atoms with Gasteiger partial charge in [0.1, 0.15) is 5.69 Å². The Balaban J connectivity index is 2.89.